The Labute approximate surface area is 167 Å². The number of aliphatic hydroxyl groups is 1. The molecule has 2 aromatic rings. The predicted octanol–water partition coefficient (Wildman–Crippen LogP) is 4.02. The van der Waals surface area contributed by atoms with Crippen LogP contribution in [0, 0.1) is 11.8 Å². The third-order valence-corrected chi connectivity index (χ3v) is 5.82. The van der Waals surface area contributed by atoms with Gasteiger partial charge in [0, 0.05) is 24.2 Å². The number of hydrogen-bond donors (Lipinski definition) is 1. The summed E-state index contributed by atoms with van der Waals surface area (Å²) in [5.41, 5.74) is 1.85. The van der Waals surface area contributed by atoms with Crippen molar-refractivity contribution in [2.45, 2.75) is 25.0 Å². The predicted molar refractivity (Wildman–Crippen MR) is 110 cm³/mol. The number of hydrogen-bond acceptors (Lipinski definition) is 4. The van der Waals surface area contributed by atoms with Crippen LogP contribution in [0.2, 0.25) is 0 Å². The number of fused-ring (bicyclic) bond motifs is 4. The highest BCUT2D eigenvalue weighted by atomic mass is 35.5. The molecule has 0 amide bonds. The lowest BCUT2D eigenvalue weighted by Crippen LogP contribution is -2.54. The third-order valence-electron chi connectivity index (χ3n) is 5.82. The Bertz CT molecular complexity index is 771. The molecule has 3 aliphatic heterocycles. The van der Waals surface area contributed by atoms with E-state index in [4.69, 9.17) is 4.74 Å². The summed E-state index contributed by atoms with van der Waals surface area (Å²) >= 11 is 0. The van der Waals surface area contributed by atoms with Crippen LogP contribution in [0.25, 0.3) is 10.9 Å². The van der Waals surface area contributed by atoms with Crippen molar-refractivity contribution < 1.29 is 9.84 Å². The summed E-state index contributed by atoms with van der Waals surface area (Å²) in [5, 5.41) is 12.1. The molecule has 26 heavy (non-hydrogen) atoms. The summed E-state index contributed by atoms with van der Waals surface area (Å²) in [4.78, 5) is 6.86. The number of aromatic nitrogens is 1. The zero-order valence-electron chi connectivity index (χ0n) is 14.9. The molecule has 3 saturated heterocycles. The number of ether oxygens (including phenoxy) is 1. The van der Waals surface area contributed by atoms with Gasteiger partial charge < -0.3 is 9.84 Å². The molecule has 4 nitrogen and oxygen atoms in total. The van der Waals surface area contributed by atoms with Crippen LogP contribution in [-0.2, 0) is 0 Å². The molecule has 0 saturated carbocycles. The minimum absolute atomic E-state index is 0. The van der Waals surface area contributed by atoms with Crippen molar-refractivity contribution in [3.8, 4) is 5.75 Å². The Kier molecular flexibility index (Phi) is 6.92. The SMILES string of the molecule is C=C[C@H]1CN2CC[C@H]1C[C@@H]2[C@@H](O)c1ccnc2ccc(OC)cc12.Cl.Cl. The number of halogens is 2. The van der Waals surface area contributed by atoms with Gasteiger partial charge in [-0.2, -0.15) is 0 Å². The van der Waals surface area contributed by atoms with Crippen molar-refractivity contribution in [1.29, 1.82) is 0 Å². The minimum atomic E-state index is -0.504. The second-order valence-corrected chi connectivity index (χ2v) is 6.97. The van der Waals surface area contributed by atoms with Crippen molar-refractivity contribution in [2.75, 3.05) is 20.2 Å². The van der Waals surface area contributed by atoms with Gasteiger partial charge in [0.05, 0.1) is 18.7 Å². The first-order valence-corrected chi connectivity index (χ1v) is 8.68. The highest BCUT2D eigenvalue weighted by molar-refractivity contribution is 5.85. The van der Waals surface area contributed by atoms with Crippen LogP contribution in [0.4, 0.5) is 0 Å². The standard InChI is InChI=1S/C20H24N2O2.2ClH/c1-3-13-12-22-9-7-14(13)10-19(22)20(23)16-6-8-21-18-5-4-15(24-2)11-17(16)18;;/h3-6,8,11,13-14,19-20,23H,1,7,9-10,12H2,2H3;2*1H/t13-,14-,19+,20-;;/m0../s1. The van der Waals surface area contributed by atoms with E-state index in [0.29, 0.717) is 11.8 Å². The maximum atomic E-state index is 11.2. The van der Waals surface area contributed by atoms with Gasteiger partial charge in [-0.1, -0.05) is 6.08 Å². The first-order valence-electron chi connectivity index (χ1n) is 8.68. The van der Waals surface area contributed by atoms with Gasteiger partial charge in [0.25, 0.3) is 0 Å². The van der Waals surface area contributed by atoms with Gasteiger partial charge in [-0.3, -0.25) is 9.88 Å². The summed E-state index contributed by atoms with van der Waals surface area (Å²) < 4.78 is 5.35. The van der Waals surface area contributed by atoms with Gasteiger partial charge in [-0.15, -0.1) is 31.4 Å². The Balaban J connectivity index is 0.00000121. The lowest BCUT2D eigenvalue weighted by Gasteiger charge is -2.50. The molecule has 4 heterocycles. The fourth-order valence-electron chi connectivity index (χ4n) is 4.44. The van der Waals surface area contributed by atoms with E-state index in [2.05, 4.69) is 22.5 Å². The largest absolute Gasteiger partial charge is 0.497 e. The van der Waals surface area contributed by atoms with Gasteiger partial charge in [-0.05, 0) is 61.1 Å². The monoisotopic (exact) mass is 396 g/mol. The topological polar surface area (TPSA) is 45.6 Å². The normalized spacial score (nSPS) is 27.9. The van der Waals surface area contributed by atoms with E-state index >= 15 is 0 Å². The molecule has 142 valence electrons. The van der Waals surface area contributed by atoms with Crippen molar-refractivity contribution >= 4 is 35.7 Å². The summed E-state index contributed by atoms with van der Waals surface area (Å²) in [7, 11) is 1.66. The molecule has 1 unspecified atom stereocenters. The summed E-state index contributed by atoms with van der Waals surface area (Å²) in [5.74, 6) is 2.01. The number of benzene rings is 1. The number of piperidine rings is 3. The fourth-order valence-corrected chi connectivity index (χ4v) is 4.44. The van der Waals surface area contributed by atoms with E-state index in [1.807, 2.05) is 24.3 Å². The molecule has 6 heteroatoms. The molecule has 5 atom stereocenters. The van der Waals surface area contributed by atoms with Crippen LogP contribution >= 0.6 is 24.8 Å². The van der Waals surface area contributed by atoms with E-state index in [9.17, 15) is 5.11 Å². The average Bonchev–Trinajstić information content (AvgIpc) is 2.66. The second kappa shape index (κ2) is 8.57. The van der Waals surface area contributed by atoms with Crippen molar-refractivity contribution in [3.63, 3.8) is 0 Å². The molecule has 1 aromatic heterocycles. The third kappa shape index (κ3) is 3.56. The summed E-state index contributed by atoms with van der Waals surface area (Å²) in [6, 6.07) is 7.96. The highest BCUT2D eigenvalue weighted by Crippen LogP contribution is 2.42. The second-order valence-electron chi connectivity index (χ2n) is 6.97. The molecule has 1 N–H and O–H groups in total. The van der Waals surface area contributed by atoms with Crippen molar-refractivity contribution in [2.24, 2.45) is 11.8 Å². The van der Waals surface area contributed by atoms with Gasteiger partial charge >= 0.3 is 0 Å². The van der Waals surface area contributed by atoms with E-state index in [1.54, 1.807) is 13.3 Å². The molecular weight excluding hydrogens is 371 g/mol. The van der Waals surface area contributed by atoms with Gasteiger partial charge in [0.1, 0.15) is 5.75 Å². The fraction of sp³-hybridized carbons (Fsp3) is 0.450. The van der Waals surface area contributed by atoms with Crippen LogP contribution in [-0.4, -0.2) is 41.2 Å². The first kappa shape index (κ1) is 21.0. The number of rotatable bonds is 4. The lowest BCUT2D eigenvalue weighted by atomic mass is 9.73. The van der Waals surface area contributed by atoms with Crippen LogP contribution < -0.4 is 4.74 Å². The molecule has 1 aromatic carbocycles. The smallest absolute Gasteiger partial charge is 0.119 e. The molecule has 0 spiro atoms. The Morgan fingerprint density at radius 1 is 1.35 bits per heavy atom. The maximum Gasteiger partial charge on any atom is 0.119 e. The number of pyridine rings is 1. The van der Waals surface area contributed by atoms with Crippen LogP contribution in [0.5, 0.6) is 5.75 Å². The summed E-state index contributed by atoms with van der Waals surface area (Å²) in [6.45, 7) is 6.07. The number of methoxy groups -OCH3 is 1. The molecule has 5 rings (SSSR count). The molecule has 3 aliphatic rings. The molecule has 0 radical (unpaired) electrons. The maximum absolute atomic E-state index is 11.2. The molecular formula is C20H26Cl2N2O2. The average molecular weight is 397 g/mol. The number of aliphatic hydroxyl groups excluding tert-OH is 1. The van der Waals surface area contributed by atoms with Crippen molar-refractivity contribution in [1.82, 2.24) is 9.88 Å². The van der Waals surface area contributed by atoms with Gasteiger partial charge in [0.15, 0.2) is 0 Å². The van der Waals surface area contributed by atoms with E-state index in [0.717, 1.165) is 41.7 Å². The van der Waals surface area contributed by atoms with Gasteiger partial charge in [-0.25, -0.2) is 0 Å². The summed E-state index contributed by atoms with van der Waals surface area (Å²) in [6.07, 6.45) is 5.62. The molecule has 2 bridgehead atoms. The van der Waals surface area contributed by atoms with E-state index in [1.165, 1.54) is 6.42 Å². The van der Waals surface area contributed by atoms with E-state index in [-0.39, 0.29) is 30.9 Å². The van der Waals surface area contributed by atoms with Crippen molar-refractivity contribution in [3.05, 3.63) is 48.7 Å². The molecule has 3 fully saturated rings. The molecule has 0 aliphatic carbocycles. The van der Waals surface area contributed by atoms with Gasteiger partial charge in [0.2, 0.25) is 0 Å². The minimum Gasteiger partial charge on any atom is -0.497 e. The quantitative estimate of drug-likeness (QED) is 0.792. The zero-order valence-corrected chi connectivity index (χ0v) is 16.5. The first-order chi connectivity index (χ1) is 11.7. The lowest BCUT2D eigenvalue weighted by molar-refractivity contribution is -0.0444. The Morgan fingerprint density at radius 2 is 2.15 bits per heavy atom. The van der Waals surface area contributed by atoms with Crippen LogP contribution in [0.3, 0.4) is 0 Å². The van der Waals surface area contributed by atoms with E-state index < -0.39 is 6.10 Å². The van der Waals surface area contributed by atoms with Crippen LogP contribution in [0.15, 0.2) is 43.1 Å². The van der Waals surface area contributed by atoms with Crippen LogP contribution in [0.1, 0.15) is 24.5 Å². The Hall–Kier alpha value is -1.33. The number of nitrogens with zero attached hydrogens (tertiary/aromatic N) is 2. The Morgan fingerprint density at radius 3 is 2.81 bits per heavy atom. The zero-order chi connectivity index (χ0) is 16.7. The highest BCUT2D eigenvalue weighted by Gasteiger charge is 2.42.